The smallest absolute Gasteiger partial charge is 0.339 e. The van der Waals surface area contributed by atoms with Gasteiger partial charge in [0.05, 0.1) is 13.2 Å². The van der Waals surface area contributed by atoms with Crippen LogP contribution in [0.4, 0.5) is 5.82 Å². The largest absolute Gasteiger partial charge is 0.378 e. The molecule has 0 unspecified atom stereocenters. The molecule has 0 aliphatic carbocycles. The number of pyridine rings is 1. The Morgan fingerprint density at radius 3 is 2.32 bits per heavy atom. The first-order valence-electron chi connectivity index (χ1n) is 9.63. The highest BCUT2D eigenvalue weighted by atomic mass is 32.2. The molecule has 0 atom stereocenters. The van der Waals surface area contributed by atoms with Crippen LogP contribution in [0.5, 0.6) is 5.75 Å². The van der Waals surface area contributed by atoms with Gasteiger partial charge in [-0.1, -0.05) is 17.7 Å². The van der Waals surface area contributed by atoms with Crippen molar-refractivity contribution in [3.8, 4) is 5.75 Å². The van der Waals surface area contributed by atoms with Crippen molar-refractivity contribution in [2.24, 2.45) is 14.1 Å². The third-order valence-electron chi connectivity index (χ3n) is 5.20. The molecule has 0 spiro atoms. The summed E-state index contributed by atoms with van der Waals surface area (Å²) in [5, 5.41) is -0.0858. The molecule has 2 aromatic heterocycles. The van der Waals surface area contributed by atoms with Crippen LogP contribution in [-0.2, 0) is 29.0 Å². The Balaban J connectivity index is 1.94. The van der Waals surface area contributed by atoms with Crippen molar-refractivity contribution in [2.45, 2.75) is 11.8 Å². The lowest BCUT2D eigenvalue weighted by molar-refractivity contribution is 0.122. The predicted octanol–water partition coefficient (Wildman–Crippen LogP) is 0.545. The van der Waals surface area contributed by atoms with Gasteiger partial charge < -0.3 is 13.8 Å². The molecule has 11 heteroatoms. The molecule has 1 saturated heterocycles. The maximum atomic E-state index is 12.9. The Bertz CT molecular complexity index is 1370. The fraction of sp³-hybridized carbons (Fsp3) is 0.350. The molecular weight excluding hydrogens is 424 g/mol. The highest BCUT2D eigenvalue weighted by molar-refractivity contribution is 7.87. The second kappa shape index (κ2) is 7.82. The van der Waals surface area contributed by atoms with Gasteiger partial charge in [-0.25, -0.2) is 9.78 Å². The molecule has 0 bridgehead atoms. The fourth-order valence-corrected chi connectivity index (χ4v) is 4.34. The summed E-state index contributed by atoms with van der Waals surface area (Å²) in [6.45, 7) is 3.86. The van der Waals surface area contributed by atoms with Crippen LogP contribution in [-0.4, -0.2) is 48.8 Å². The van der Waals surface area contributed by atoms with Gasteiger partial charge in [-0.05, 0) is 19.1 Å². The first-order valence-corrected chi connectivity index (χ1v) is 11.0. The van der Waals surface area contributed by atoms with E-state index in [0.29, 0.717) is 32.1 Å². The maximum absolute atomic E-state index is 12.9. The number of aromatic nitrogens is 3. The number of aryl methyl sites for hydroxylation is 2. The summed E-state index contributed by atoms with van der Waals surface area (Å²) in [6.07, 6.45) is 0. The monoisotopic (exact) mass is 446 g/mol. The van der Waals surface area contributed by atoms with Crippen LogP contribution in [0.1, 0.15) is 5.56 Å². The summed E-state index contributed by atoms with van der Waals surface area (Å²) in [7, 11) is -1.44. The fourth-order valence-electron chi connectivity index (χ4n) is 3.40. The third-order valence-corrected chi connectivity index (χ3v) is 6.45. The molecule has 31 heavy (non-hydrogen) atoms. The molecule has 1 aliphatic rings. The number of hydrogen-bond donors (Lipinski definition) is 0. The van der Waals surface area contributed by atoms with Crippen molar-refractivity contribution in [3.05, 3.63) is 56.7 Å². The van der Waals surface area contributed by atoms with E-state index in [1.54, 1.807) is 12.1 Å². The lowest BCUT2D eigenvalue weighted by atomic mass is 10.2. The van der Waals surface area contributed by atoms with E-state index in [1.165, 1.54) is 36.9 Å². The number of morpholine rings is 1. The Labute approximate surface area is 178 Å². The molecule has 3 aromatic rings. The van der Waals surface area contributed by atoms with Gasteiger partial charge in [-0.3, -0.25) is 13.9 Å². The normalized spacial score (nSPS) is 14.7. The van der Waals surface area contributed by atoms with Crippen LogP contribution in [0.25, 0.3) is 11.0 Å². The van der Waals surface area contributed by atoms with Crippen LogP contribution in [0, 0.1) is 6.92 Å². The number of benzene rings is 1. The number of fused-ring (bicyclic) bond motifs is 1. The van der Waals surface area contributed by atoms with E-state index >= 15 is 0 Å². The molecule has 1 fully saturated rings. The summed E-state index contributed by atoms with van der Waals surface area (Å²) in [5.41, 5.74) is -0.317. The van der Waals surface area contributed by atoms with Crippen molar-refractivity contribution in [1.29, 1.82) is 0 Å². The highest BCUT2D eigenvalue weighted by Crippen LogP contribution is 2.29. The zero-order chi connectivity index (χ0) is 22.3. The summed E-state index contributed by atoms with van der Waals surface area (Å²) in [6, 6.07) is 7.60. The Morgan fingerprint density at radius 2 is 1.68 bits per heavy atom. The summed E-state index contributed by atoms with van der Waals surface area (Å²) >= 11 is 0. The van der Waals surface area contributed by atoms with Gasteiger partial charge in [0.15, 0.2) is 11.4 Å². The van der Waals surface area contributed by atoms with Crippen LogP contribution < -0.4 is 20.3 Å². The van der Waals surface area contributed by atoms with E-state index in [9.17, 15) is 18.0 Å². The summed E-state index contributed by atoms with van der Waals surface area (Å²) in [5.74, 6) is 0.219. The Hall–Kier alpha value is -3.18. The SMILES string of the molecule is Cc1ccc(S(=O)(=O)Oc2cc(N3CCOCC3)nc3c2c(=O)n(C)c(=O)n3C)cc1. The number of rotatable bonds is 4. The lowest BCUT2D eigenvalue weighted by Gasteiger charge is -2.28. The molecule has 0 radical (unpaired) electrons. The van der Waals surface area contributed by atoms with Gasteiger partial charge in [-0.15, -0.1) is 0 Å². The van der Waals surface area contributed by atoms with Gasteiger partial charge in [0.1, 0.15) is 16.1 Å². The van der Waals surface area contributed by atoms with Crippen LogP contribution >= 0.6 is 0 Å². The number of anilines is 1. The van der Waals surface area contributed by atoms with Gasteiger partial charge in [-0.2, -0.15) is 8.42 Å². The van der Waals surface area contributed by atoms with Crippen molar-refractivity contribution < 1.29 is 17.3 Å². The van der Waals surface area contributed by atoms with E-state index in [4.69, 9.17) is 8.92 Å². The highest BCUT2D eigenvalue weighted by Gasteiger charge is 2.24. The summed E-state index contributed by atoms with van der Waals surface area (Å²) in [4.78, 5) is 31.6. The Kier molecular flexibility index (Phi) is 5.31. The number of nitrogens with zero attached hydrogens (tertiary/aromatic N) is 4. The van der Waals surface area contributed by atoms with Crippen molar-refractivity contribution in [1.82, 2.24) is 14.1 Å². The molecule has 164 valence electrons. The zero-order valence-electron chi connectivity index (χ0n) is 17.4. The third kappa shape index (κ3) is 3.81. The van der Waals surface area contributed by atoms with E-state index in [0.717, 1.165) is 10.1 Å². The molecule has 1 aliphatic heterocycles. The second-order valence-electron chi connectivity index (χ2n) is 7.33. The first-order chi connectivity index (χ1) is 14.7. The van der Waals surface area contributed by atoms with E-state index in [1.807, 2.05) is 11.8 Å². The van der Waals surface area contributed by atoms with Crippen molar-refractivity contribution >= 4 is 27.0 Å². The predicted molar refractivity (Wildman–Crippen MR) is 114 cm³/mol. The molecule has 1 aromatic carbocycles. The minimum atomic E-state index is -4.23. The van der Waals surface area contributed by atoms with Crippen molar-refractivity contribution in [2.75, 3.05) is 31.2 Å². The van der Waals surface area contributed by atoms with Crippen LogP contribution in [0.15, 0.2) is 44.8 Å². The Morgan fingerprint density at radius 1 is 1.03 bits per heavy atom. The maximum Gasteiger partial charge on any atom is 0.339 e. The van der Waals surface area contributed by atoms with E-state index in [-0.39, 0.29) is 21.7 Å². The molecular formula is C20H22N4O6S. The molecule has 10 nitrogen and oxygen atoms in total. The topological polar surface area (TPSA) is 113 Å². The molecule has 0 amide bonds. The van der Waals surface area contributed by atoms with Gasteiger partial charge in [0.25, 0.3) is 5.56 Å². The molecule has 0 N–H and O–H groups in total. The molecule has 4 rings (SSSR count). The second-order valence-corrected chi connectivity index (χ2v) is 8.88. The van der Waals surface area contributed by atoms with Gasteiger partial charge >= 0.3 is 15.8 Å². The van der Waals surface area contributed by atoms with Gasteiger partial charge in [0, 0.05) is 33.3 Å². The van der Waals surface area contributed by atoms with Crippen molar-refractivity contribution in [3.63, 3.8) is 0 Å². The van der Waals surface area contributed by atoms with Gasteiger partial charge in [0.2, 0.25) is 0 Å². The molecule has 0 saturated carbocycles. The lowest BCUT2D eigenvalue weighted by Crippen LogP contribution is -2.39. The molecule has 3 heterocycles. The van der Waals surface area contributed by atoms with E-state index < -0.39 is 21.4 Å². The number of ether oxygens (including phenoxy) is 1. The van der Waals surface area contributed by atoms with Crippen LogP contribution in [0.2, 0.25) is 0 Å². The minimum Gasteiger partial charge on any atom is -0.378 e. The minimum absolute atomic E-state index is 0.0439. The zero-order valence-corrected chi connectivity index (χ0v) is 18.2. The summed E-state index contributed by atoms with van der Waals surface area (Å²) < 4.78 is 38.8. The van der Waals surface area contributed by atoms with E-state index in [2.05, 4.69) is 4.98 Å². The average Bonchev–Trinajstić information content (AvgIpc) is 2.76. The quantitative estimate of drug-likeness (QED) is 0.534. The first kappa shape index (κ1) is 21.1. The number of hydrogen-bond acceptors (Lipinski definition) is 8. The van der Waals surface area contributed by atoms with Crippen LogP contribution in [0.3, 0.4) is 0 Å². The standard InChI is InChI=1S/C20H22N4O6S/c1-13-4-6-14(7-5-13)31(27,28)30-15-12-16(24-8-10-29-11-9-24)21-18-17(15)19(25)23(3)20(26)22(18)2/h4-7,12H,8-11H2,1-3H3. The average molecular weight is 446 g/mol.